The van der Waals surface area contributed by atoms with Gasteiger partial charge >= 0.3 is 12.1 Å². The molecule has 0 heterocycles. The van der Waals surface area contributed by atoms with Gasteiger partial charge in [0.25, 0.3) is 0 Å². The number of benzene rings is 2. The van der Waals surface area contributed by atoms with Crippen LogP contribution in [0.25, 0.3) is 11.1 Å². The minimum atomic E-state index is -1.16. The van der Waals surface area contributed by atoms with Gasteiger partial charge in [-0.05, 0) is 34.6 Å². The van der Waals surface area contributed by atoms with E-state index in [2.05, 4.69) is 40.8 Å². The molecule has 3 rings (SSSR count). The number of carbonyl (C=O) groups is 3. The number of hydrogen-bond acceptors (Lipinski definition) is 4. The number of amides is 2. The van der Waals surface area contributed by atoms with Crippen molar-refractivity contribution < 1.29 is 24.2 Å². The Labute approximate surface area is 193 Å². The molecule has 7 nitrogen and oxygen atoms in total. The van der Waals surface area contributed by atoms with Crippen molar-refractivity contribution in [3.8, 4) is 23.5 Å². The van der Waals surface area contributed by atoms with Crippen molar-refractivity contribution in [1.29, 1.82) is 0 Å². The fraction of sp³-hybridized carbons (Fsp3) is 0.346. The molecule has 1 aliphatic carbocycles. The molecule has 0 spiro atoms. The molecule has 1 aliphatic rings. The van der Waals surface area contributed by atoms with Gasteiger partial charge in [-0.2, -0.15) is 0 Å². The summed E-state index contributed by atoms with van der Waals surface area (Å²) in [4.78, 5) is 35.3. The number of ether oxygens (including phenoxy) is 1. The Kier molecular flexibility index (Phi) is 8.09. The van der Waals surface area contributed by atoms with Crippen LogP contribution in [0.5, 0.6) is 0 Å². The molecule has 2 unspecified atom stereocenters. The van der Waals surface area contributed by atoms with E-state index in [0.717, 1.165) is 11.1 Å². The second-order valence-corrected chi connectivity index (χ2v) is 8.22. The van der Waals surface area contributed by atoms with Gasteiger partial charge in [0.15, 0.2) is 0 Å². The number of hydrogen-bond donors (Lipinski definition) is 3. The Hall–Kier alpha value is -3.79. The maximum Gasteiger partial charge on any atom is 0.407 e. The standard InChI is InChI=1S/C26H28N2O5/c1-3-8-23(25(30)31)28-24(29)14-13-17(2)15-27-26(32)33-16-22-20-11-6-4-9-18(20)19-10-5-7-12-21(19)22/h1,4-7,9-12,17,22-23H,8,13-16H2,2H3,(H,27,32)(H,28,29)(H,30,31). The van der Waals surface area contributed by atoms with Gasteiger partial charge in [0.1, 0.15) is 12.6 Å². The average molecular weight is 449 g/mol. The maximum absolute atomic E-state index is 12.3. The van der Waals surface area contributed by atoms with Crippen LogP contribution in [0, 0.1) is 18.3 Å². The highest BCUT2D eigenvalue weighted by atomic mass is 16.5. The Balaban J connectivity index is 1.42. The fourth-order valence-electron chi connectivity index (χ4n) is 3.97. The van der Waals surface area contributed by atoms with Gasteiger partial charge in [0.05, 0.1) is 0 Å². The summed E-state index contributed by atoms with van der Waals surface area (Å²) < 4.78 is 5.51. The summed E-state index contributed by atoms with van der Waals surface area (Å²) in [6, 6.07) is 15.2. The van der Waals surface area contributed by atoms with Crippen LogP contribution in [0.1, 0.15) is 43.2 Å². The summed E-state index contributed by atoms with van der Waals surface area (Å²) in [7, 11) is 0. The highest BCUT2D eigenvalue weighted by Crippen LogP contribution is 2.44. The normalized spacial score (nSPS) is 13.7. The first-order valence-electron chi connectivity index (χ1n) is 10.9. The monoisotopic (exact) mass is 448 g/mol. The van der Waals surface area contributed by atoms with Crippen LogP contribution in [-0.2, 0) is 14.3 Å². The van der Waals surface area contributed by atoms with E-state index >= 15 is 0 Å². The predicted molar refractivity (Wildman–Crippen MR) is 124 cm³/mol. The second kappa shape index (κ2) is 11.2. The van der Waals surface area contributed by atoms with E-state index in [1.165, 1.54) is 11.1 Å². The molecule has 0 saturated heterocycles. The zero-order valence-electron chi connectivity index (χ0n) is 18.5. The van der Waals surface area contributed by atoms with Gasteiger partial charge in [0, 0.05) is 25.3 Å². The fourth-order valence-corrected chi connectivity index (χ4v) is 3.97. The van der Waals surface area contributed by atoms with Crippen molar-refractivity contribution in [2.75, 3.05) is 13.2 Å². The molecule has 0 aromatic heterocycles. The molecule has 2 aromatic rings. The molecule has 2 amide bonds. The molecule has 2 atom stereocenters. The van der Waals surface area contributed by atoms with Crippen molar-refractivity contribution in [1.82, 2.24) is 10.6 Å². The number of aliphatic carboxylic acids is 1. The molecule has 2 aromatic carbocycles. The molecular weight excluding hydrogens is 420 g/mol. The lowest BCUT2D eigenvalue weighted by Crippen LogP contribution is -2.40. The first kappa shape index (κ1) is 23.9. The zero-order chi connectivity index (χ0) is 23.8. The molecule has 7 heteroatoms. The summed E-state index contributed by atoms with van der Waals surface area (Å²) in [5.74, 6) is 0.695. The quantitative estimate of drug-likeness (QED) is 0.482. The van der Waals surface area contributed by atoms with E-state index < -0.39 is 18.1 Å². The molecule has 33 heavy (non-hydrogen) atoms. The maximum atomic E-state index is 12.3. The SMILES string of the molecule is C#CCC(NC(=O)CCC(C)CNC(=O)OCC1c2ccccc2-c2ccccc21)C(=O)O. The molecule has 0 saturated carbocycles. The van der Waals surface area contributed by atoms with Crippen molar-refractivity contribution in [2.45, 2.75) is 38.1 Å². The van der Waals surface area contributed by atoms with Gasteiger partial charge < -0.3 is 20.5 Å². The van der Waals surface area contributed by atoms with E-state index in [0.29, 0.717) is 13.0 Å². The molecule has 0 fully saturated rings. The van der Waals surface area contributed by atoms with Gasteiger partial charge in [0.2, 0.25) is 5.91 Å². The van der Waals surface area contributed by atoms with Gasteiger partial charge in [-0.25, -0.2) is 9.59 Å². The third kappa shape index (κ3) is 6.13. The molecule has 0 bridgehead atoms. The van der Waals surface area contributed by atoms with Gasteiger partial charge in [-0.1, -0.05) is 55.5 Å². The first-order valence-corrected chi connectivity index (χ1v) is 10.9. The van der Waals surface area contributed by atoms with E-state index in [1.54, 1.807) is 0 Å². The van der Waals surface area contributed by atoms with Crippen LogP contribution in [0.2, 0.25) is 0 Å². The molecule has 172 valence electrons. The van der Waals surface area contributed by atoms with Crippen LogP contribution >= 0.6 is 0 Å². The molecule has 0 radical (unpaired) electrons. The molecule has 3 N–H and O–H groups in total. The Morgan fingerprint density at radius 1 is 1.09 bits per heavy atom. The lowest BCUT2D eigenvalue weighted by Gasteiger charge is -2.16. The topological polar surface area (TPSA) is 105 Å². The number of alkyl carbamates (subject to hydrolysis) is 1. The van der Waals surface area contributed by atoms with Crippen LogP contribution < -0.4 is 10.6 Å². The average Bonchev–Trinajstić information content (AvgIpc) is 3.13. The first-order chi connectivity index (χ1) is 15.9. The summed E-state index contributed by atoms with van der Waals surface area (Å²) in [6.07, 6.45) is 5.18. The number of carboxylic acid groups (broad SMARTS) is 1. The second-order valence-electron chi connectivity index (χ2n) is 8.22. The summed E-state index contributed by atoms with van der Waals surface area (Å²) >= 11 is 0. The Morgan fingerprint density at radius 3 is 2.27 bits per heavy atom. The largest absolute Gasteiger partial charge is 0.480 e. The van der Waals surface area contributed by atoms with Gasteiger partial charge in [-0.3, -0.25) is 4.79 Å². The van der Waals surface area contributed by atoms with Crippen molar-refractivity contribution >= 4 is 18.0 Å². The van der Waals surface area contributed by atoms with Crippen LogP contribution in [-0.4, -0.2) is 42.3 Å². The van der Waals surface area contributed by atoms with Crippen LogP contribution in [0.3, 0.4) is 0 Å². The number of nitrogens with one attached hydrogen (secondary N) is 2. The van der Waals surface area contributed by atoms with E-state index in [-0.39, 0.29) is 37.2 Å². The van der Waals surface area contributed by atoms with E-state index in [1.807, 2.05) is 31.2 Å². The number of terminal acetylenes is 1. The number of carbonyl (C=O) groups excluding carboxylic acids is 2. The Morgan fingerprint density at radius 2 is 1.70 bits per heavy atom. The highest BCUT2D eigenvalue weighted by molar-refractivity contribution is 5.83. The minimum Gasteiger partial charge on any atom is -0.480 e. The lowest BCUT2D eigenvalue weighted by molar-refractivity contribution is -0.141. The number of fused-ring (bicyclic) bond motifs is 3. The van der Waals surface area contributed by atoms with E-state index in [9.17, 15) is 14.4 Å². The highest BCUT2D eigenvalue weighted by Gasteiger charge is 2.29. The third-order valence-electron chi connectivity index (χ3n) is 5.76. The third-order valence-corrected chi connectivity index (χ3v) is 5.76. The summed E-state index contributed by atoms with van der Waals surface area (Å²) in [5, 5.41) is 14.2. The zero-order valence-corrected chi connectivity index (χ0v) is 18.5. The Bertz CT molecular complexity index is 1010. The predicted octanol–water partition coefficient (Wildman–Crippen LogP) is 3.53. The van der Waals surface area contributed by atoms with Crippen molar-refractivity contribution in [3.05, 3.63) is 59.7 Å². The number of carboxylic acids is 1. The van der Waals surface area contributed by atoms with Crippen LogP contribution in [0.4, 0.5) is 4.79 Å². The summed E-state index contributed by atoms with van der Waals surface area (Å²) in [6.45, 7) is 2.48. The molecular formula is C26H28N2O5. The minimum absolute atomic E-state index is 0.00513. The lowest BCUT2D eigenvalue weighted by atomic mass is 9.98. The summed E-state index contributed by atoms with van der Waals surface area (Å²) in [5.41, 5.74) is 4.63. The van der Waals surface area contributed by atoms with Crippen LogP contribution in [0.15, 0.2) is 48.5 Å². The molecule has 0 aliphatic heterocycles. The number of rotatable bonds is 10. The smallest absolute Gasteiger partial charge is 0.407 e. The van der Waals surface area contributed by atoms with Crippen molar-refractivity contribution in [2.24, 2.45) is 5.92 Å². The van der Waals surface area contributed by atoms with Crippen molar-refractivity contribution in [3.63, 3.8) is 0 Å². The van der Waals surface area contributed by atoms with Gasteiger partial charge in [-0.15, -0.1) is 12.3 Å². The van der Waals surface area contributed by atoms with E-state index in [4.69, 9.17) is 16.3 Å².